The second kappa shape index (κ2) is 5.46. The molecule has 1 rings (SSSR count). The van der Waals surface area contributed by atoms with Gasteiger partial charge in [0.05, 0.1) is 0 Å². The average Bonchev–Trinajstić information content (AvgIpc) is 2.24. The maximum Gasteiger partial charge on any atom is 0.163 e. The number of hydrogen-bond acceptors (Lipinski definition) is 2. The smallest absolute Gasteiger partial charge is 0.163 e. The van der Waals surface area contributed by atoms with Gasteiger partial charge in [-0.2, -0.15) is 0 Å². The highest BCUT2D eigenvalue weighted by Gasteiger charge is 2.18. The zero-order valence-electron chi connectivity index (χ0n) is 11.4. The van der Waals surface area contributed by atoms with E-state index in [1.807, 2.05) is 19.1 Å². The summed E-state index contributed by atoms with van der Waals surface area (Å²) < 4.78 is 5.47. The predicted octanol–water partition coefficient (Wildman–Crippen LogP) is 3.65. The van der Waals surface area contributed by atoms with Gasteiger partial charge >= 0.3 is 0 Å². The van der Waals surface area contributed by atoms with Crippen molar-refractivity contribution in [3.8, 4) is 0 Å². The number of ketones is 1. The van der Waals surface area contributed by atoms with E-state index in [2.05, 4.69) is 32.9 Å². The van der Waals surface area contributed by atoms with Crippen LogP contribution in [0.3, 0.4) is 0 Å². The van der Waals surface area contributed by atoms with Crippen LogP contribution >= 0.6 is 0 Å². The van der Waals surface area contributed by atoms with Crippen LogP contribution in [0.5, 0.6) is 0 Å². The molecule has 94 valence electrons. The van der Waals surface area contributed by atoms with Crippen molar-refractivity contribution in [2.24, 2.45) is 0 Å². The Kier molecular flexibility index (Phi) is 4.47. The molecule has 0 aliphatic carbocycles. The lowest BCUT2D eigenvalue weighted by molar-refractivity contribution is -0.128. The van der Waals surface area contributed by atoms with Crippen molar-refractivity contribution in [2.75, 3.05) is 6.61 Å². The highest BCUT2D eigenvalue weighted by Crippen LogP contribution is 2.25. The molecule has 0 N–H and O–H groups in total. The first-order valence-corrected chi connectivity index (χ1v) is 6.08. The summed E-state index contributed by atoms with van der Waals surface area (Å²) in [5.74, 6) is 0.0513. The van der Waals surface area contributed by atoms with Gasteiger partial charge in [-0.25, -0.2) is 0 Å². The van der Waals surface area contributed by atoms with Crippen LogP contribution in [0.4, 0.5) is 0 Å². The molecule has 0 aromatic heterocycles. The van der Waals surface area contributed by atoms with E-state index in [1.54, 1.807) is 6.92 Å². The summed E-state index contributed by atoms with van der Waals surface area (Å²) in [6.45, 7) is 10.5. The minimum Gasteiger partial charge on any atom is -0.366 e. The molecule has 0 heterocycles. The molecule has 0 aliphatic rings. The van der Waals surface area contributed by atoms with E-state index in [0.29, 0.717) is 6.61 Å². The molecular formula is C15H22O2. The Morgan fingerprint density at radius 2 is 1.76 bits per heavy atom. The number of benzene rings is 1. The van der Waals surface area contributed by atoms with Crippen molar-refractivity contribution in [2.45, 2.75) is 46.1 Å². The summed E-state index contributed by atoms with van der Waals surface area (Å²) in [7, 11) is 0. The number of hydrogen-bond donors (Lipinski definition) is 0. The fourth-order valence-corrected chi connectivity index (χ4v) is 1.77. The van der Waals surface area contributed by atoms with E-state index in [9.17, 15) is 4.79 Å². The van der Waals surface area contributed by atoms with Gasteiger partial charge in [0.2, 0.25) is 0 Å². The third-order valence-electron chi connectivity index (χ3n) is 2.78. The molecule has 2 nitrogen and oxygen atoms in total. The van der Waals surface area contributed by atoms with Gasteiger partial charge in [0.25, 0.3) is 0 Å². The third kappa shape index (κ3) is 3.67. The number of Topliss-reactive ketones (excluding diaryl/α,β-unsaturated/α-hetero) is 1. The van der Waals surface area contributed by atoms with Gasteiger partial charge < -0.3 is 4.74 Å². The largest absolute Gasteiger partial charge is 0.366 e. The molecule has 0 spiro atoms. The van der Waals surface area contributed by atoms with Crippen LogP contribution in [0.1, 0.15) is 51.8 Å². The molecule has 17 heavy (non-hydrogen) atoms. The SMILES string of the molecule is CCOC(C(C)=O)c1ccc(C(C)(C)C)cc1. The van der Waals surface area contributed by atoms with Crippen LogP contribution in [0.15, 0.2) is 24.3 Å². The maximum absolute atomic E-state index is 11.5. The van der Waals surface area contributed by atoms with Crippen LogP contribution < -0.4 is 0 Å². The summed E-state index contributed by atoms with van der Waals surface area (Å²) in [4.78, 5) is 11.5. The van der Waals surface area contributed by atoms with E-state index in [-0.39, 0.29) is 11.2 Å². The quantitative estimate of drug-likeness (QED) is 0.795. The highest BCUT2D eigenvalue weighted by atomic mass is 16.5. The van der Waals surface area contributed by atoms with Gasteiger partial charge in [-0.15, -0.1) is 0 Å². The Morgan fingerprint density at radius 1 is 1.24 bits per heavy atom. The maximum atomic E-state index is 11.5. The van der Waals surface area contributed by atoms with Crippen molar-refractivity contribution in [3.63, 3.8) is 0 Å². The molecule has 0 saturated heterocycles. The van der Waals surface area contributed by atoms with Crippen molar-refractivity contribution in [1.82, 2.24) is 0 Å². The monoisotopic (exact) mass is 234 g/mol. The number of carbonyl (C=O) groups excluding carboxylic acids is 1. The van der Waals surface area contributed by atoms with Gasteiger partial charge in [0.1, 0.15) is 6.10 Å². The van der Waals surface area contributed by atoms with Crippen LogP contribution in [0, 0.1) is 0 Å². The second-order valence-electron chi connectivity index (χ2n) is 5.32. The zero-order chi connectivity index (χ0) is 13.1. The van der Waals surface area contributed by atoms with Crippen LogP contribution in [0.2, 0.25) is 0 Å². The van der Waals surface area contributed by atoms with Gasteiger partial charge in [0, 0.05) is 6.61 Å². The first-order chi connectivity index (χ1) is 7.86. The van der Waals surface area contributed by atoms with E-state index in [1.165, 1.54) is 5.56 Å². The molecule has 1 unspecified atom stereocenters. The second-order valence-corrected chi connectivity index (χ2v) is 5.32. The molecule has 0 aliphatic heterocycles. The van der Waals surface area contributed by atoms with E-state index in [0.717, 1.165) is 5.56 Å². The summed E-state index contributed by atoms with van der Waals surface area (Å²) in [5.41, 5.74) is 2.34. The summed E-state index contributed by atoms with van der Waals surface area (Å²) in [6, 6.07) is 8.12. The minimum absolute atomic E-state index is 0.0513. The molecule has 0 amide bonds. The lowest BCUT2D eigenvalue weighted by atomic mass is 9.86. The molecule has 0 radical (unpaired) electrons. The number of carbonyl (C=O) groups is 1. The minimum atomic E-state index is -0.422. The summed E-state index contributed by atoms with van der Waals surface area (Å²) in [5, 5.41) is 0. The summed E-state index contributed by atoms with van der Waals surface area (Å²) in [6.07, 6.45) is -0.422. The molecule has 1 atom stereocenters. The zero-order valence-corrected chi connectivity index (χ0v) is 11.4. The molecular weight excluding hydrogens is 212 g/mol. The Hall–Kier alpha value is -1.15. The number of ether oxygens (including phenoxy) is 1. The molecule has 0 saturated carbocycles. The Labute approximate surface area is 104 Å². The van der Waals surface area contributed by atoms with Gasteiger partial charge in [0.15, 0.2) is 5.78 Å². The van der Waals surface area contributed by atoms with Crippen LogP contribution in [-0.4, -0.2) is 12.4 Å². The normalized spacial score (nSPS) is 13.5. The molecule has 0 bridgehead atoms. The Morgan fingerprint density at radius 3 is 2.12 bits per heavy atom. The first kappa shape index (κ1) is 13.9. The predicted molar refractivity (Wildman–Crippen MR) is 70.2 cm³/mol. The highest BCUT2D eigenvalue weighted by molar-refractivity contribution is 5.81. The fraction of sp³-hybridized carbons (Fsp3) is 0.533. The lowest BCUT2D eigenvalue weighted by Gasteiger charge is -2.20. The standard InChI is InChI=1S/C15H22O2/c1-6-17-14(11(2)16)12-7-9-13(10-8-12)15(3,4)5/h7-10,14H,6H2,1-5H3. The lowest BCUT2D eigenvalue weighted by Crippen LogP contribution is -2.14. The molecule has 0 fully saturated rings. The van der Waals surface area contributed by atoms with Gasteiger partial charge in [-0.05, 0) is 30.4 Å². The number of rotatable bonds is 4. The van der Waals surface area contributed by atoms with Crippen molar-refractivity contribution in [1.29, 1.82) is 0 Å². The topological polar surface area (TPSA) is 26.3 Å². The van der Waals surface area contributed by atoms with Crippen LogP contribution in [0.25, 0.3) is 0 Å². The molecule has 2 heteroatoms. The Balaban J connectivity index is 2.96. The summed E-state index contributed by atoms with van der Waals surface area (Å²) >= 11 is 0. The molecule has 1 aromatic carbocycles. The first-order valence-electron chi connectivity index (χ1n) is 6.08. The van der Waals surface area contributed by atoms with E-state index in [4.69, 9.17) is 4.74 Å². The fourth-order valence-electron chi connectivity index (χ4n) is 1.77. The van der Waals surface area contributed by atoms with E-state index < -0.39 is 6.10 Å². The Bertz CT molecular complexity index is 371. The van der Waals surface area contributed by atoms with Gasteiger partial charge in [-0.3, -0.25) is 4.79 Å². The van der Waals surface area contributed by atoms with Crippen molar-refractivity contribution >= 4 is 5.78 Å². The van der Waals surface area contributed by atoms with E-state index >= 15 is 0 Å². The average molecular weight is 234 g/mol. The third-order valence-corrected chi connectivity index (χ3v) is 2.78. The van der Waals surface area contributed by atoms with Crippen molar-refractivity contribution < 1.29 is 9.53 Å². The molecule has 1 aromatic rings. The van der Waals surface area contributed by atoms with Crippen LogP contribution in [-0.2, 0) is 14.9 Å². The van der Waals surface area contributed by atoms with Gasteiger partial charge in [-0.1, -0.05) is 45.0 Å². The van der Waals surface area contributed by atoms with Crippen molar-refractivity contribution in [3.05, 3.63) is 35.4 Å².